The Kier molecular flexibility index (Phi) is 7.13. The third-order valence-corrected chi connectivity index (χ3v) is 4.34. The number of carboxylic acids is 1. The molecule has 1 aromatic carbocycles. The number of hydrogen-bond donors (Lipinski definition) is 3. The van der Waals surface area contributed by atoms with Crippen molar-refractivity contribution < 1.29 is 33.6 Å². The lowest BCUT2D eigenvalue weighted by Crippen LogP contribution is -2.22. The van der Waals surface area contributed by atoms with E-state index in [0.29, 0.717) is 34.1 Å². The summed E-state index contributed by atoms with van der Waals surface area (Å²) in [4.78, 5) is 25.8. The number of nitrogens with one attached hydrogen (secondary N) is 2. The van der Waals surface area contributed by atoms with Crippen LogP contribution in [0.3, 0.4) is 0 Å². The molecule has 0 atom stereocenters. The highest BCUT2D eigenvalue weighted by molar-refractivity contribution is 6.36. The number of carboxylic acid groups (broad SMARTS) is 1. The molecule has 0 aliphatic rings. The van der Waals surface area contributed by atoms with E-state index in [2.05, 4.69) is 10.3 Å². The maximum atomic E-state index is 12.1. The minimum absolute atomic E-state index is 0.0446. The van der Waals surface area contributed by atoms with Crippen LogP contribution in [0.1, 0.15) is 16.2 Å². The number of esters is 1. The topological polar surface area (TPSA) is 119 Å². The van der Waals surface area contributed by atoms with E-state index in [9.17, 15) is 9.59 Å². The summed E-state index contributed by atoms with van der Waals surface area (Å²) >= 11 is 6.47. The normalized spacial score (nSPS) is 10.5. The van der Waals surface area contributed by atoms with Crippen molar-refractivity contribution in [1.29, 1.82) is 0 Å². The van der Waals surface area contributed by atoms with E-state index < -0.39 is 11.9 Å². The fourth-order valence-electron chi connectivity index (χ4n) is 2.77. The molecule has 0 unspecified atom stereocenters. The Hall–Kier alpha value is -2.91. The molecule has 2 aromatic rings. The van der Waals surface area contributed by atoms with E-state index in [4.69, 9.17) is 35.7 Å². The van der Waals surface area contributed by atoms with E-state index in [-0.39, 0.29) is 23.8 Å². The fourth-order valence-corrected chi connectivity index (χ4v) is 3.11. The zero-order valence-corrected chi connectivity index (χ0v) is 16.6. The molecule has 9 nitrogen and oxygen atoms in total. The zero-order valence-electron chi connectivity index (χ0n) is 15.8. The van der Waals surface area contributed by atoms with Crippen LogP contribution < -0.4 is 19.5 Å². The highest BCUT2D eigenvalue weighted by atomic mass is 35.5. The number of rotatable bonds is 9. The minimum Gasteiger partial charge on any atom is -0.493 e. The lowest BCUT2D eigenvalue weighted by atomic mass is 10.0. The van der Waals surface area contributed by atoms with Gasteiger partial charge in [-0.3, -0.25) is 4.79 Å². The number of halogens is 1. The van der Waals surface area contributed by atoms with Crippen LogP contribution in [0.2, 0.25) is 5.02 Å². The number of aliphatic carboxylic acids is 1. The van der Waals surface area contributed by atoms with Crippen molar-refractivity contribution in [3.63, 3.8) is 0 Å². The Labute approximate surface area is 166 Å². The number of aromatic amines is 1. The van der Waals surface area contributed by atoms with E-state index in [1.54, 1.807) is 12.1 Å². The van der Waals surface area contributed by atoms with Crippen molar-refractivity contribution in [3.05, 3.63) is 28.5 Å². The number of benzene rings is 1. The first-order chi connectivity index (χ1) is 13.4. The quantitative estimate of drug-likeness (QED) is 0.537. The van der Waals surface area contributed by atoms with Crippen LogP contribution in [-0.2, 0) is 16.1 Å². The maximum Gasteiger partial charge on any atom is 0.356 e. The molecule has 0 aliphatic heterocycles. The number of aromatic nitrogens is 1. The highest BCUT2D eigenvalue weighted by Crippen LogP contribution is 2.47. The highest BCUT2D eigenvalue weighted by Gasteiger charge is 2.27. The molecule has 0 radical (unpaired) electrons. The maximum absolute atomic E-state index is 12.1. The predicted molar refractivity (Wildman–Crippen MR) is 102 cm³/mol. The van der Waals surface area contributed by atoms with Gasteiger partial charge in [-0.25, -0.2) is 4.79 Å². The molecule has 0 amide bonds. The monoisotopic (exact) mass is 412 g/mol. The molecule has 0 spiro atoms. The van der Waals surface area contributed by atoms with Crippen molar-refractivity contribution in [2.45, 2.75) is 6.54 Å². The molecule has 3 N–H and O–H groups in total. The molecular formula is C18H21ClN2O7. The van der Waals surface area contributed by atoms with Crippen LogP contribution in [-0.4, -0.2) is 57.0 Å². The number of methoxy groups -OCH3 is 4. The van der Waals surface area contributed by atoms with Crippen molar-refractivity contribution in [2.24, 2.45) is 0 Å². The van der Waals surface area contributed by atoms with Gasteiger partial charge < -0.3 is 34.4 Å². The van der Waals surface area contributed by atoms with Gasteiger partial charge in [0.1, 0.15) is 5.69 Å². The average Bonchev–Trinajstić information content (AvgIpc) is 3.01. The summed E-state index contributed by atoms with van der Waals surface area (Å²) in [7, 11) is 5.67. The first kappa shape index (κ1) is 21.4. The van der Waals surface area contributed by atoms with E-state index in [1.807, 2.05) is 0 Å². The van der Waals surface area contributed by atoms with E-state index in [1.165, 1.54) is 28.4 Å². The van der Waals surface area contributed by atoms with Gasteiger partial charge >= 0.3 is 11.9 Å². The summed E-state index contributed by atoms with van der Waals surface area (Å²) in [6, 6.07) is 3.38. The van der Waals surface area contributed by atoms with Gasteiger partial charge in [0.25, 0.3) is 0 Å². The summed E-state index contributed by atoms with van der Waals surface area (Å²) in [5.41, 5.74) is 1.52. The molecule has 152 valence electrons. The summed E-state index contributed by atoms with van der Waals surface area (Å²) in [5.74, 6) is -0.526. The van der Waals surface area contributed by atoms with Gasteiger partial charge in [0, 0.05) is 23.4 Å². The van der Waals surface area contributed by atoms with Crippen LogP contribution in [0.25, 0.3) is 11.1 Å². The smallest absolute Gasteiger partial charge is 0.356 e. The fraction of sp³-hybridized carbons (Fsp3) is 0.333. The molecule has 0 saturated carbocycles. The van der Waals surface area contributed by atoms with Gasteiger partial charge in [-0.2, -0.15) is 0 Å². The van der Waals surface area contributed by atoms with E-state index in [0.717, 1.165) is 0 Å². The second kappa shape index (κ2) is 9.34. The Morgan fingerprint density at radius 3 is 2.32 bits per heavy atom. The molecule has 1 heterocycles. The van der Waals surface area contributed by atoms with Crippen LogP contribution in [0.4, 0.5) is 0 Å². The van der Waals surface area contributed by atoms with Crippen LogP contribution in [0.15, 0.2) is 12.1 Å². The molecule has 0 fully saturated rings. The Balaban J connectivity index is 2.67. The molecule has 0 bridgehead atoms. The Bertz CT molecular complexity index is 879. The largest absolute Gasteiger partial charge is 0.493 e. The van der Waals surface area contributed by atoms with Gasteiger partial charge in [0.2, 0.25) is 5.75 Å². The zero-order chi connectivity index (χ0) is 20.8. The molecule has 0 aliphatic carbocycles. The predicted octanol–water partition coefficient (Wildman–Crippen LogP) is 2.32. The number of H-pyrrole nitrogens is 1. The molecule has 1 aromatic heterocycles. The summed E-state index contributed by atoms with van der Waals surface area (Å²) in [6.07, 6.45) is 0. The second-order valence-electron chi connectivity index (χ2n) is 5.54. The first-order valence-corrected chi connectivity index (χ1v) is 8.47. The van der Waals surface area contributed by atoms with Gasteiger partial charge in [-0.15, -0.1) is 0 Å². The Morgan fingerprint density at radius 2 is 1.79 bits per heavy atom. The molecule has 0 saturated heterocycles. The number of carbonyl (C=O) groups is 2. The van der Waals surface area contributed by atoms with Crippen molar-refractivity contribution in [3.8, 4) is 28.4 Å². The Morgan fingerprint density at radius 1 is 1.11 bits per heavy atom. The summed E-state index contributed by atoms with van der Waals surface area (Å²) in [6.45, 7) is -0.164. The van der Waals surface area contributed by atoms with Crippen molar-refractivity contribution >= 4 is 23.5 Å². The second-order valence-corrected chi connectivity index (χ2v) is 5.92. The van der Waals surface area contributed by atoms with Crippen molar-refractivity contribution in [1.82, 2.24) is 10.3 Å². The summed E-state index contributed by atoms with van der Waals surface area (Å²) < 4.78 is 20.9. The molecular weight excluding hydrogens is 392 g/mol. The van der Waals surface area contributed by atoms with Gasteiger partial charge in [0.15, 0.2) is 11.5 Å². The van der Waals surface area contributed by atoms with E-state index >= 15 is 0 Å². The average molecular weight is 413 g/mol. The van der Waals surface area contributed by atoms with Crippen LogP contribution >= 0.6 is 11.6 Å². The van der Waals surface area contributed by atoms with Crippen molar-refractivity contribution in [2.75, 3.05) is 35.0 Å². The van der Waals surface area contributed by atoms with Gasteiger partial charge in [0.05, 0.1) is 40.0 Å². The molecule has 28 heavy (non-hydrogen) atoms. The molecule has 10 heteroatoms. The first-order valence-electron chi connectivity index (χ1n) is 8.10. The third kappa shape index (κ3) is 4.15. The van der Waals surface area contributed by atoms with Gasteiger partial charge in [-0.05, 0) is 12.1 Å². The lowest BCUT2D eigenvalue weighted by Gasteiger charge is -2.16. The molecule has 2 rings (SSSR count). The minimum atomic E-state index is -1.02. The number of ether oxygens (including phenoxy) is 4. The van der Waals surface area contributed by atoms with Crippen LogP contribution in [0.5, 0.6) is 17.2 Å². The van der Waals surface area contributed by atoms with Gasteiger partial charge in [-0.1, -0.05) is 11.6 Å². The lowest BCUT2D eigenvalue weighted by molar-refractivity contribution is -0.136. The summed E-state index contributed by atoms with van der Waals surface area (Å²) in [5, 5.41) is 11.7. The third-order valence-electron chi connectivity index (χ3n) is 3.96. The number of carbonyl (C=O) groups excluding carboxylic acids is 1. The number of hydrogen-bond acceptors (Lipinski definition) is 7. The van der Waals surface area contributed by atoms with Crippen LogP contribution in [0, 0.1) is 0 Å². The SMILES string of the molecule is COC(=O)c1[nH]c(CNCC(=O)O)c(-c2ccc(OC)c(OC)c2OC)c1Cl. The standard InChI is InChI=1S/C18H21ClN2O7/c1-25-11-6-5-9(16(26-2)17(11)27-3)13-10(7-20-8-12(22)23)21-15(14(13)19)18(24)28-4/h5-6,20-21H,7-8H2,1-4H3,(H,22,23).